The smallest absolute Gasteiger partial charge is 0.266 e. The predicted molar refractivity (Wildman–Crippen MR) is 70.5 cm³/mol. The number of aromatic nitrogens is 4. The van der Waals surface area contributed by atoms with Gasteiger partial charge in [-0.3, -0.25) is 4.79 Å². The Morgan fingerprint density at radius 2 is 1.61 bits per heavy atom. The monoisotopic (exact) mass is 344 g/mol. The van der Waals surface area contributed by atoms with Gasteiger partial charge >= 0.3 is 0 Å². The van der Waals surface area contributed by atoms with Gasteiger partial charge in [0.2, 0.25) is 0 Å². The Bertz CT molecular complexity index is 686. The lowest BCUT2D eigenvalue weighted by Gasteiger charge is -2.07. The molecule has 5 nitrogen and oxygen atoms in total. The molecule has 0 aromatic carbocycles. The zero-order chi connectivity index (χ0) is 13.4. The summed E-state index contributed by atoms with van der Waals surface area (Å²) in [5.74, 6) is -0.0883. The second-order valence-electron chi connectivity index (χ2n) is 2.97. The molecule has 2 rings (SSSR count). The van der Waals surface area contributed by atoms with Gasteiger partial charge in [0.05, 0.1) is 11.2 Å². The molecule has 0 bridgehead atoms. The van der Waals surface area contributed by atoms with Crippen molar-refractivity contribution in [3.8, 4) is 5.82 Å². The summed E-state index contributed by atoms with van der Waals surface area (Å²) >= 11 is 28.7. The van der Waals surface area contributed by atoms with Crippen molar-refractivity contribution in [1.29, 1.82) is 0 Å². The Morgan fingerprint density at radius 1 is 0.944 bits per heavy atom. The van der Waals surface area contributed by atoms with Crippen LogP contribution in [-0.2, 0) is 0 Å². The summed E-state index contributed by atoms with van der Waals surface area (Å²) in [6.45, 7) is 0. The summed E-state index contributed by atoms with van der Waals surface area (Å²) in [7, 11) is 0. The average Bonchev–Trinajstić information content (AvgIpc) is 2.35. The molecule has 0 unspecified atom stereocenters. The normalized spacial score (nSPS) is 10.7. The van der Waals surface area contributed by atoms with Gasteiger partial charge < -0.3 is 0 Å². The van der Waals surface area contributed by atoms with E-state index < -0.39 is 5.56 Å². The van der Waals surface area contributed by atoms with Crippen LogP contribution in [0.25, 0.3) is 5.82 Å². The van der Waals surface area contributed by atoms with Crippen LogP contribution in [0.5, 0.6) is 0 Å². The van der Waals surface area contributed by atoms with Crippen molar-refractivity contribution >= 4 is 58.0 Å². The fraction of sp³-hybridized carbons (Fsp3) is 0. The number of hydrogen-bond acceptors (Lipinski definition) is 4. The van der Waals surface area contributed by atoms with Gasteiger partial charge in [0.1, 0.15) is 15.1 Å². The Labute approximate surface area is 125 Å². The number of halogens is 5. The van der Waals surface area contributed by atoms with Gasteiger partial charge in [-0.25, -0.2) is 0 Å². The highest BCUT2D eigenvalue weighted by Gasteiger charge is 2.17. The third kappa shape index (κ3) is 2.29. The zero-order valence-corrected chi connectivity index (χ0v) is 11.9. The van der Waals surface area contributed by atoms with Crippen molar-refractivity contribution in [3.05, 3.63) is 41.8 Å². The zero-order valence-electron chi connectivity index (χ0n) is 8.16. The number of nitrogens with zero attached hydrogens (tertiary/aromatic N) is 4. The summed E-state index contributed by atoms with van der Waals surface area (Å²) in [6.07, 6.45) is 1.17. The highest BCUT2D eigenvalue weighted by Crippen LogP contribution is 2.30. The lowest BCUT2D eigenvalue weighted by Crippen LogP contribution is -2.23. The summed E-state index contributed by atoms with van der Waals surface area (Å²) < 4.78 is 0.825. The molecule has 94 valence electrons. The molecule has 18 heavy (non-hydrogen) atoms. The van der Waals surface area contributed by atoms with Crippen molar-refractivity contribution in [2.24, 2.45) is 0 Å². The molecule has 0 N–H and O–H groups in total. The topological polar surface area (TPSA) is 60.7 Å². The minimum atomic E-state index is -0.696. The van der Waals surface area contributed by atoms with E-state index in [0.29, 0.717) is 0 Å². The fourth-order valence-corrected chi connectivity index (χ4v) is 1.83. The fourth-order valence-electron chi connectivity index (χ4n) is 1.07. The lowest BCUT2D eigenvalue weighted by molar-refractivity contribution is 0.761. The second kappa shape index (κ2) is 5.19. The molecule has 0 saturated heterocycles. The van der Waals surface area contributed by atoms with Crippen molar-refractivity contribution < 1.29 is 0 Å². The van der Waals surface area contributed by atoms with Gasteiger partial charge in [-0.15, -0.1) is 10.2 Å². The molecule has 0 saturated carbocycles. The predicted octanol–water partition coefficient (Wildman–Crippen LogP) is 3.29. The Kier molecular flexibility index (Phi) is 3.99. The van der Waals surface area contributed by atoms with E-state index in [1.165, 1.54) is 6.20 Å². The molecule has 0 spiro atoms. The molecule has 2 aromatic heterocycles. The molecule has 2 aromatic rings. The van der Waals surface area contributed by atoms with Crippen molar-refractivity contribution in [3.63, 3.8) is 0 Å². The summed E-state index contributed by atoms with van der Waals surface area (Å²) in [6, 6.07) is 0. The van der Waals surface area contributed by atoms with Gasteiger partial charge in [0.25, 0.3) is 5.56 Å². The van der Waals surface area contributed by atoms with Crippen LogP contribution >= 0.6 is 58.0 Å². The van der Waals surface area contributed by atoms with Crippen molar-refractivity contribution in [2.45, 2.75) is 0 Å². The van der Waals surface area contributed by atoms with Crippen LogP contribution in [0.1, 0.15) is 0 Å². The summed E-state index contributed by atoms with van der Waals surface area (Å²) in [5.41, 5.74) is -0.696. The minimum Gasteiger partial charge on any atom is -0.266 e. The lowest BCUT2D eigenvalue weighted by atomic mass is 10.5. The molecule has 0 fully saturated rings. The van der Waals surface area contributed by atoms with Crippen LogP contribution in [0.4, 0.5) is 0 Å². The van der Waals surface area contributed by atoms with Crippen LogP contribution in [0.3, 0.4) is 0 Å². The first kappa shape index (κ1) is 13.8. The van der Waals surface area contributed by atoms with Gasteiger partial charge in [0, 0.05) is 0 Å². The second-order valence-corrected chi connectivity index (χ2v) is 4.86. The van der Waals surface area contributed by atoms with E-state index in [-0.39, 0.29) is 31.1 Å². The molecule has 0 radical (unpaired) electrons. The van der Waals surface area contributed by atoms with E-state index in [1.54, 1.807) is 0 Å². The Hall–Kier alpha value is -0.590. The summed E-state index contributed by atoms with van der Waals surface area (Å²) in [4.78, 5) is 11.8. The minimum absolute atomic E-state index is 0.0158. The van der Waals surface area contributed by atoms with Crippen LogP contribution in [-0.4, -0.2) is 20.0 Å². The Balaban J connectivity index is 2.75. The third-order valence-electron chi connectivity index (χ3n) is 1.88. The van der Waals surface area contributed by atoms with Crippen LogP contribution in [0.2, 0.25) is 25.2 Å². The standard InChI is InChI=1S/C8HCl5N4O/c9-2-1-14-17(8(18)3(2)10)7-5(12)4(11)6(13)15-16-7/h1H. The first-order valence-corrected chi connectivity index (χ1v) is 6.13. The molecule has 2 heterocycles. The van der Waals surface area contributed by atoms with Gasteiger partial charge in [-0.2, -0.15) is 9.78 Å². The molecule has 0 atom stereocenters. The maximum absolute atomic E-state index is 11.8. The quantitative estimate of drug-likeness (QED) is 0.795. The maximum atomic E-state index is 11.8. The highest BCUT2D eigenvalue weighted by atomic mass is 35.5. The molecular weight excluding hydrogens is 345 g/mol. The number of hydrogen-bond donors (Lipinski definition) is 0. The molecule has 0 amide bonds. The Morgan fingerprint density at radius 3 is 2.28 bits per heavy atom. The van der Waals surface area contributed by atoms with Crippen molar-refractivity contribution in [1.82, 2.24) is 20.0 Å². The molecular formula is C8HCl5N4O. The molecule has 0 aliphatic rings. The summed E-state index contributed by atoms with van der Waals surface area (Å²) in [5, 5.41) is 10.5. The average molecular weight is 346 g/mol. The SMILES string of the molecule is O=c1c(Cl)c(Cl)cnn1-c1nnc(Cl)c(Cl)c1Cl. The van der Waals surface area contributed by atoms with Crippen molar-refractivity contribution in [2.75, 3.05) is 0 Å². The van der Waals surface area contributed by atoms with E-state index in [2.05, 4.69) is 15.3 Å². The first-order chi connectivity index (χ1) is 8.43. The molecule has 0 aliphatic carbocycles. The maximum Gasteiger partial charge on any atom is 0.293 e. The van der Waals surface area contributed by atoms with Crippen LogP contribution in [0, 0.1) is 0 Å². The van der Waals surface area contributed by atoms with Gasteiger partial charge in [0.15, 0.2) is 11.0 Å². The van der Waals surface area contributed by atoms with Crippen LogP contribution in [0.15, 0.2) is 11.0 Å². The largest absolute Gasteiger partial charge is 0.293 e. The molecule has 10 heteroatoms. The van der Waals surface area contributed by atoms with E-state index in [9.17, 15) is 4.79 Å². The number of rotatable bonds is 1. The van der Waals surface area contributed by atoms with E-state index in [4.69, 9.17) is 58.0 Å². The first-order valence-electron chi connectivity index (χ1n) is 4.24. The van der Waals surface area contributed by atoms with E-state index in [0.717, 1.165) is 4.68 Å². The van der Waals surface area contributed by atoms with Gasteiger partial charge in [-0.05, 0) is 0 Å². The van der Waals surface area contributed by atoms with E-state index in [1.807, 2.05) is 0 Å². The van der Waals surface area contributed by atoms with Gasteiger partial charge in [-0.1, -0.05) is 58.0 Å². The highest BCUT2D eigenvalue weighted by molar-refractivity contribution is 6.48. The third-order valence-corrected chi connectivity index (χ3v) is 3.81. The molecule has 0 aliphatic heterocycles. The van der Waals surface area contributed by atoms with Crippen LogP contribution < -0.4 is 5.56 Å². The van der Waals surface area contributed by atoms with E-state index >= 15 is 0 Å².